The van der Waals surface area contributed by atoms with Crippen molar-refractivity contribution in [2.75, 3.05) is 13.6 Å². The van der Waals surface area contributed by atoms with Crippen molar-refractivity contribution in [3.8, 4) is 11.6 Å². The molecule has 0 bridgehead atoms. The van der Waals surface area contributed by atoms with Gasteiger partial charge in [-0.15, -0.1) is 0 Å². The van der Waals surface area contributed by atoms with Crippen LogP contribution in [0.1, 0.15) is 30.9 Å². The average Bonchev–Trinajstić information content (AvgIpc) is 2.50. The third kappa shape index (κ3) is 2.99. The van der Waals surface area contributed by atoms with Crippen molar-refractivity contribution in [1.82, 2.24) is 9.88 Å². The second-order valence-electron chi connectivity index (χ2n) is 5.34. The Labute approximate surface area is 120 Å². The fourth-order valence-corrected chi connectivity index (χ4v) is 2.75. The summed E-state index contributed by atoms with van der Waals surface area (Å²) in [5.41, 5.74) is 1.28. The van der Waals surface area contributed by atoms with Gasteiger partial charge in [0.05, 0.1) is 0 Å². The molecule has 104 valence electrons. The average molecular weight is 268 g/mol. The number of hydrogen-bond donors (Lipinski definition) is 0. The smallest absolute Gasteiger partial charge is 0.219 e. The number of para-hydroxylation sites is 1. The molecular weight excluding hydrogens is 248 g/mol. The van der Waals surface area contributed by atoms with Gasteiger partial charge in [-0.1, -0.05) is 30.7 Å². The first-order chi connectivity index (χ1) is 9.83. The quantitative estimate of drug-likeness (QED) is 0.840. The highest BCUT2D eigenvalue weighted by Gasteiger charge is 2.20. The fourth-order valence-electron chi connectivity index (χ4n) is 2.75. The summed E-state index contributed by atoms with van der Waals surface area (Å²) in [6.07, 6.45) is 5.77. The second-order valence-corrected chi connectivity index (χ2v) is 5.34. The topological polar surface area (TPSA) is 25.4 Å². The van der Waals surface area contributed by atoms with E-state index in [1.165, 1.54) is 31.4 Å². The molecule has 1 aromatic heterocycles. The van der Waals surface area contributed by atoms with Gasteiger partial charge >= 0.3 is 0 Å². The lowest BCUT2D eigenvalue weighted by Gasteiger charge is -2.32. The SMILES string of the molecule is CN1CCCC[C@@H]1c1ccc(Oc2ccccc2)nc1. The number of pyridine rings is 1. The summed E-state index contributed by atoms with van der Waals surface area (Å²) in [6, 6.07) is 14.4. The fraction of sp³-hybridized carbons (Fsp3) is 0.353. The molecule has 0 saturated carbocycles. The van der Waals surface area contributed by atoms with Crippen molar-refractivity contribution in [3.05, 3.63) is 54.2 Å². The molecule has 1 aliphatic rings. The summed E-state index contributed by atoms with van der Waals surface area (Å²) in [4.78, 5) is 6.85. The molecule has 0 radical (unpaired) electrons. The van der Waals surface area contributed by atoms with Crippen molar-refractivity contribution >= 4 is 0 Å². The van der Waals surface area contributed by atoms with Crippen LogP contribution in [0.2, 0.25) is 0 Å². The summed E-state index contributed by atoms with van der Waals surface area (Å²) in [7, 11) is 2.19. The lowest BCUT2D eigenvalue weighted by molar-refractivity contribution is 0.187. The summed E-state index contributed by atoms with van der Waals surface area (Å²) in [5.74, 6) is 1.47. The van der Waals surface area contributed by atoms with Crippen molar-refractivity contribution < 1.29 is 4.74 Å². The summed E-state index contributed by atoms with van der Waals surface area (Å²) >= 11 is 0. The molecule has 1 fully saturated rings. The van der Waals surface area contributed by atoms with E-state index >= 15 is 0 Å². The minimum atomic E-state index is 0.502. The van der Waals surface area contributed by atoms with Crippen LogP contribution in [0.5, 0.6) is 11.6 Å². The van der Waals surface area contributed by atoms with Gasteiger partial charge in [0.15, 0.2) is 0 Å². The van der Waals surface area contributed by atoms with Gasteiger partial charge < -0.3 is 4.74 Å². The largest absolute Gasteiger partial charge is 0.439 e. The Bertz CT molecular complexity index is 539. The van der Waals surface area contributed by atoms with E-state index in [1.807, 2.05) is 42.6 Å². The van der Waals surface area contributed by atoms with Crippen LogP contribution in [0.3, 0.4) is 0 Å². The van der Waals surface area contributed by atoms with Gasteiger partial charge in [-0.25, -0.2) is 4.98 Å². The number of aromatic nitrogens is 1. The number of piperidine rings is 1. The Kier molecular flexibility index (Phi) is 3.97. The molecule has 3 nitrogen and oxygen atoms in total. The molecule has 20 heavy (non-hydrogen) atoms. The molecule has 3 rings (SSSR count). The monoisotopic (exact) mass is 268 g/mol. The molecule has 1 atom stereocenters. The highest BCUT2D eigenvalue weighted by molar-refractivity contribution is 5.28. The van der Waals surface area contributed by atoms with Crippen molar-refractivity contribution in [3.63, 3.8) is 0 Å². The molecule has 3 heteroatoms. The highest BCUT2D eigenvalue weighted by atomic mass is 16.5. The number of ether oxygens (including phenoxy) is 1. The zero-order valence-electron chi connectivity index (χ0n) is 11.8. The minimum Gasteiger partial charge on any atom is -0.439 e. The Morgan fingerprint density at radius 2 is 1.95 bits per heavy atom. The van der Waals surface area contributed by atoms with Crippen molar-refractivity contribution in [2.24, 2.45) is 0 Å². The van der Waals surface area contributed by atoms with Crippen LogP contribution in [0.4, 0.5) is 0 Å². The Balaban J connectivity index is 1.71. The molecule has 2 heterocycles. The van der Waals surface area contributed by atoms with E-state index in [0.717, 1.165) is 5.75 Å². The van der Waals surface area contributed by atoms with Crippen LogP contribution in [-0.2, 0) is 0 Å². The molecule has 0 unspecified atom stereocenters. The van der Waals surface area contributed by atoms with Gasteiger partial charge in [-0.05, 0) is 44.1 Å². The van der Waals surface area contributed by atoms with E-state index in [1.54, 1.807) is 0 Å². The zero-order valence-corrected chi connectivity index (χ0v) is 11.8. The minimum absolute atomic E-state index is 0.502. The predicted octanol–water partition coefficient (Wildman–Crippen LogP) is 4.03. The zero-order chi connectivity index (χ0) is 13.8. The van der Waals surface area contributed by atoms with Crippen molar-refractivity contribution in [2.45, 2.75) is 25.3 Å². The molecule has 0 amide bonds. The number of benzene rings is 1. The van der Waals surface area contributed by atoms with Gasteiger partial charge in [-0.3, -0.25) is 4.90 Å². The maximum Gasteiger partial charge on any atom is 0.219 e. The van der Waals surface area contributed by atoms with Crippen LogP contribution < -0.4 is 4.74 Å². The number of rotatable bonds is 3. The van der Waals surface area contributed by atoms with Gasteiger partial charge in [0, 0.05) is 18.3 Å². The summed E-state index contributed by atoms with van der Waals surface area (Å²) in [6.45, 7) is 1.17. The highest BCUT2D eigenvalue weighted by Crippen LogP contribution is 2.30. The molecule has 1 saturated heterocycles. The molecule has 1 aliphatic heterocycles. The van der Waals surface area contributed by atoms with E-state index in [0.29, 0.717) is 11.9 Å². The third-order valence-corrected chi connectivity index (χ3v) is 3.88. The van der Waals surface area contributed by atoms with Gasteiger partial charge in [0.25, 0.3) is 0 Å². The number of nitrogens with zero attached hydrogens (tertiary/aromatic N) is 2. The normalized spacial score (nSPS) is 19.8. The first-order valence-corrected chi connectivity index (χ1v) is 7.22. The molecule has 0 aliphatic carbocycles. The van der Waals surface area contributed by atoms with E-state index in [9.17, 15) is 0 Å². The Hall–Kier alpha value is -1.87. The first-order valence-electron chi connectivity index (χ1n) is 7.22. The van der Waals surface area contributed by atoms with Gasteiger partial charge in [-0.2, -0.15) is 0 Å². The summed E-state index contributed by atoms with van der Waals surface area (Å²) in [5, 5.41) is 0. The van der Waals surface area contributed by atoms with E-state index in [2.05, 4.69) is 23.0 Å². The van der Waals surface area contributed by atoms with E-state index < -0.39 is 0 Å². The molecule has 2 aromatic rings. The molecule has 0 spiro atoms. The maximum absolute atomic E-state index is 5.72. The number of hydrogen-bond acceptors (Lipinski definition) is 3. The van der Waals surface area contributed by atoms with Crippen LogP contribution in [0.15, 0.2) is 48.7 Å². The Morgan fingerprint density at radius 1 is 1.10 bits per heavy atom. The predicted molar refractivity (Wildman–Crippen MR) is 80.0 cm³/mol. The second kappa shape index (κ2) is 6.06. The molecular formula is C17H20N2O. The van der Waals surface area contributed by atoms with E-state index in [-0.39, 0.29) is 0 Å². The van der Waals surface area contributed by atoms with Crippen molar-refractivity contribution in [1.29, 1.82) is 0 Å². The standard InChI is InChI=1S/C17H20N2O/c1-19-12-6-5-9-16(19)14-10-11-17(18-13-14)20-15-7-3-2-4-8-15/h2-4,7-8,10-11,13,16H,5-6,9,12H2,1H3/t16-/m1/s1. The van der Waals surface area contributed by atoms with Crippen LogP contribution >= 0.6 is 0 Å². The van der Waals surface area contributed by atoms with E-state index in [4.69, 9.17) is 4.74 Å². The third-order valence-electron chi connectivity index (χ3n) is 3.88. The van der Waals surface area contributed by atoms with Gasteiger partial charge in [0.2, 0.25) is 5.88 Å². The lowest BCUT2D eigenvalue weighted by atomic mass is 9.97. The van der Waals surface area contributed by atoms with Crippen LogP contribution in [0.25, 0.3) is 0 Å². The van der Waals surface area contributed by atoms with Crippen LogP contribution in [-0.4, -0.2) is 23.5 Å². The first kappa shape index (κ1) is 13.1. The molecule has 1 aromatic carbocycles. The van der Waals surface area contributed by atoms with Gasteiger partial charge in [0.1, 0.15) is 5.75 Å². The lowest BCUT2D eigenvalue weighted by Crippen LogP contribution is -2.29. The summed E-state index contributed by atoms with van der Waals surface area (Å²) < 4.78 is 5.72. The maximum atomic E-state index is 5.72. The number of likely N-dealkylation sites (tertiary alicyclic amines) is 1. The molecule has 0 N–H and O–H groups in total. The Morgan fingerprint density at radius 3 is 2.65 bits per heavy atom. The van der Waals surface area contributed by atoms with Crippen LogP contribution in [0, 0.1) is 0 Å².